The summed E-state index contributed by atoms with van der Waals surface area (Å²) in [5.74, 6) is 1.21. The largest absolute Gasteiger partial charge is 0.382 e. The minimum Gasteiger partial charge on any atom is -0.382 e. The summed E-state index contributed by atoms with van der Waals surface area (Å²) >= 11 is 0. The van der Waals surface area contributed by atoms with Crippen molar-refractivity contribution in [2.75, 3.05) is 72.5 Å². The van der Waals surface area contributed by atoms with Crippen molar-refractivity contribution < 1.29 is 22.6 Å². The number of nitrogens with zero attached hydrogens (tertiary/aromatic N) is 2. The molecule has 2 unspecified atom stereocenters. The van der Waals surface area contributed by atoms with Crippen molar-refractivity contribution in [3.8, 4) is 0 Å². The van der Waals surface area contributed by atoms with Gasteiger partial charge in [-0.05, 0) is 25.7 Å². The Kier molecular flexibility index (Phi) is 10.5. The van der Waals surface area contributed by atoms with E-state index < -0.39 is 10.0 Å². The molecule has 2 aliphatic heterocycles. The second kappa shape index (κ2) is 12.6. The first kappa shape index (κ1) is 23.3. The minimum absolute atomic E-state index is 0.00288. The van der Waals surface area contributed by atoms with Crippen LogP contribution in [0.4, 0.5) is 0 Å². The molecule has 9 nitrogen and oxygen atoms in total. The lowest BCUT2D eigenvalue weighted by molar-refractivity contribution is 0.0200. The van der Waals surface area contributed by atoms with Crippen molar-refractivity contribution in [1.82, 2.24) is 14.9 Å². The van der Waals surface area contributed by atoms with E-state index in [-0.39, 0.29) is 11.9 Å². The van der Waals surface area contributed by atoms with E-state index in [1.165, 1.54) is 0 Å². The van der Waals surface area contributed by atoms with Crippen molar-refractivity contribution in [3.05, 3.63) is 0 Å². The Labute approximate surface area is 169 Å². The van der Waals surface area contributed by atoms with Crippen LogP contribution in [0.3, 0.4) is 0 Å². The van der Waals surface area contributed by atoms with Crippen LogP contribution in [0.25, 0.3) is 0 Å². The van der Waals surface area contributed by atoms with Crippen LogP contribution in [0.1, 0.15) is 25.7 Å². The van der Waals surface area contributed by atoms with Crippen LogP contribution in [0, 0.1) is 5.92 Å². The van der Waals surface area contributed by atoms with Gasteiger partial charge in [0.05, 0.1) is 31.7 Å². The molecule has 2 fully saturated rings. The van der Waals surface area contributed by atoms with Gasteiger partial charge in [-0.15, -0.1) is 0 Å². The van der Waals surface area contributed by atoms with Gasteiger partial charge < -0.3 is 24.4 Å². The summed E-state index contributed by atoms with van der Waals surface area (Å²) in [5.41, 5.74) is 0. The summed E-state index contributed by atoms with van der Waals surface area (Å²) in [4.78, 5) is 6.44. The highest BCUT2D eigenvalue weighted by atomic mass is 32.2. The molecule has 2 aliphatic rings. The number of sulfonamides is 1. The van der Waals surface area contributed by atoms with Crippen molar-refractivity contribution in [3.63, 3.8) is 0 Å². The fourth-order valence-corrected chi connectivity index (χ4v) is 4.40. The van der Waals surface area contributed by atoms with Gasteiger partial charge in [0.2, 0.25) is 10.0 Å². The first-order chi connectivity index (χ1) is 13.5. The van der Waals surface area contributed by atoms with Crippen molar-refractivity contribution in [2.24, 2.45) is 10.9 Å². The molecule has 0 spiro atoms. The molecule has 0 aromatic rings. The molecule has 2 N–H and O–H groups in total. The number of aliphatic imine (C=N–C) groups is 1. The van der Waals surface area contributed by atoms with Crippen LogP contribution in [0.5, 0.6) is 0 Å². The maximum atomic E-state index is 12.2. The number of hydrogen-bond donors (Lipinski definition) is 2. The van der Waals surface area contributed by atoms with Gasteiger partial charge in [-0.25, -0.2) is 13.1 Å². The van der Waals surface area contributed by atoms with E-state index in [1.54, 1.807) is 14.2 Å². The van der Waals surface area contributed by atoms with Crippen LogP contribution in [0.2, 0.25) is 0 Å². The van der Waals surface area contributed by atoms with E-state index in [0.29, 0.717) is 38.8 Å². The third kappa shape index (κ3) is 8.60. The molecule has 2 rings (SSSR count). The van der Waals surface area contributed by atoms with Crippen LogP contribution in [0.15, 0.2) is 4.99 Å². The highest BCUT2D eigenvalue weighted by Crippen LogP contribution is 2.16. The molecular weight excluding hydrogens is 384 g/mol. The van der Waals surface area contributed by atoms with E-state index in [2.05, 4.69) is 19.9 Å². The van der Waals surface area contributed by atoms with Crippen molar-refractivity contribution in [1.29, 1.82) is 0 Å². The topological polar surface area (TPSA) is 101 Å². The average molecular weight is 421 g/mol. The zero-order valence-electron chi connectivity index (χ0n) is 17.2. The van der Waals surface area contributed by atoms with Gasteiger partial charge in [0, 0.05) is 52.9 Å². The smallest absolute Gasteiger partial charge is 0.213 e. The molecule has 0 saturated carbocycles. The number of nitrogens with one attached hydrogen (secondary N) is 2. The Morgan fingerprint density at radius 1 is 1.29 bits per heavy atom. The monoisotopic (exact) mass is 420 g/mol. The van der Waals surface area contributed by atoms with Crippen molar-refractivity contribution in [2.45, 2.75) is 31.8 Å². The van der Waals surface area contributed by atoms with Gasteiger partial charge in [0.1, 0.15) is 0 Å². The number of likely N-dealkylation sites (tertiary alicyclic amines) is 1. The van der Waals surface area contributed by atoms with Crippen LogP contribution >= 0.6 is 0 Å². The summed E-state index contributed by atoms with van der Waals surface area (Å²) in [6, 6.07) is 0. The summed E-state index contributed by atoms with van der Waals surface area (Å²) < 4.78 is 43.2. The lowest BCUT2D eigenvalue weighted by Gasteiger charge is -2.23. The van der Waals surface area contributed by atoms with Gasteiger partial charge in [-0.1, -0.05) is 0 Å². The number of guanidine groups is 1. The van der Waals surface area contributed by atoms with Gasteiger partial charge in [0.15, 0.2) is 5.96 Å². The number of ether oxygens (including phenoxy) is 3. The first-order valence-corrected chi connectivity index (χ1v) is 11.8. The van der Waals surface area contributed by atoms with Crippen LogP contribution in [-0.2, 0) is 24.2 Å². The molecule has 28 heavy (non-hydrogen) atoms. The molecule has 0 amide bonds. The molecule has 0 bridgehead atoms. The summed E-state index contributed by atoms with van der Waals surface area (Å²) in [5, 5.41) is 3.17. The van der Waals surface area contributed by atoms with Gasteiger partial charge in [-0.2, -0.15) is 0 Å². The lowest BCUT2D eigenvalue weighted by atomic mass is 10.1. The predicted molar refractivity (Wildman–Crippen MR) is 109 cm³/mol. The molecule has 164 valence electrons. The fraction of sp³-hybridized carbons (Fsp3) is 0.944. The lowest BCUT2D eigenvalue weighted by Crippen LogP contribution is -2.44. The normalized spacial score (nSPS) is 23.9. The quantitative estimate of drug-likeness (QED) is 0.276. The van der Waals surface area contributed by atoms with Gasteiger partial charge >= 0.3 is 0 Å². The Hall–Kier alpha value is -0.940. The van der Waals surface area contributed by atoms with Crippen molar-refractivity contribution >= 4 is 16.0 Å². The molecule has 0 radical (unpaired) electrons. The Bertz CT molecular complexity index is 566. The third-order valence-electron chi connectivity index (χ3n) is 5.04. The maximum Gasteiger partial charge on any atom is 0.213 e. The maximum absolute atomic E-state index is 12.2. The van der Waals surface area contributed by atoms with E-state index in [9.17, 15) is 8.42 Å². The molecule has 2 saturated heterocycles. The molecular formula is C18H36N4O5S. The molecule has 0 aliphatic carbocycles. The first-order valence-electron chi connectivity index (χ1n) is 10.2. The fourth-order valence-electron chi connectivity index (χ4n) is 3.44. The van der Waals surface area contributed by atoms with E-state index in [4.69, 9.17) is 14.2 Å². The molecule has 0 aromatic carbocycles. The highest BCUT2D eigenvalue weighted by Gasteiger charge is 2.25. The second-order valence-electron chi connectivity index (χ2n) is 7.30. The molecule has 0 aromatic heterocycles. The van der Waals surface area contributed by atoms with Crippen LogP contribution < -0.4 is 10.0 Å². The minimum atomic E-state index is -3.33. The van der Waals surface area contributed by atoms with Crippen LogP contribution in [-0.4, -0.2) is 97.9 Å². The molecule has 10 heteroatoms. The molecule has 2 atom stereocenters. The van der Waals surface area contributed by atoms with E-state index in [0.717, 1.165) is 51.3 Å². The standard InChI is InChI=1S/C18H36N4O5S/c1-19-18(22-8-6-16(14-22)15-26-11-10-25-2)20-7-12-28(23,24)21-13-17-5-3-4-9-27-17/h16-17,21H,3-15H2,1-2H3,(H,19,20). The summed E-state index contributed by atoms with van der Waals surface area (Å²) in [6.45, 7) is 5.06. The average Bonchev–Trinajstić information content (AvgIpc) is 3.17. The van der Waals surface area contributed by atoms with E-state index in [1.807, 2.05) is 0 Å². The number of hydrogen-bond acceptors (Lipinski definition) is 6. The summed E-state index contributed by atoms with van der Waals surface area (Å²) in [6.07, 6.45) is 4.10. The molecule has 2 heterocycles. The number of rotatable bonds is 11. The highest BCUT2D eigenvalue weighted by molar-refractivity contribution is 7.89. The Balaban J connectivity index is 1.64. The third-order valence-corrected chi connectivity index (χ3v) is 6.39. The SMILES string of the molecule is CN=C(NCCS(=O)(=O)NCC1CCCCO1)N1CCC(COCCOC)C1. The van der Waals surface area contributed by atoms with Gasteiger partial charge in [-0.3, -0.25) is 4.99 Å². The Morgan fingerprint density at radius 3 is 2.86 bits per heavy atom. The zero-order valence-corrected chi connectivity index (χ0v) is 18.0. The summed E-state index contributed by atoms with van der Waals surface area (Å²) in [7, 11) is 0.0482. The number of methoxy groups -OCH3 is 1. The van der Waals surface area contributed by atoms with E-state index >= 15 is 0 Å². The zero-order chi connectivity index (χ0) is 20.2. The second-order valence-corrected chi connectivity index (χ2v) is 9.22. The van der Waals surface area contributed by atoms with Gasteiger partial charge in [0.25, 0.3) is 0 Å². The predicted octanol–water partition coefficient (Wildman–Crippen LogP) is 0.0352. The Morgan fingerprint density at radius 2 is 2.14 bits per heavy atom.